The molecule has 4 aliphatic rings. The van der Waals surface area contributed by atoms with E-state index in [2.05, 4.69) is 325 Å². The van der Waals surface area contributed by atoms with Crippen LogP contribution in [0.3, 0.4) is 0 Å². The second-order valence-electron chi connectivity index (χ2n) is 22.9. The van der Waals surface area contributed by atoms with Gasteiger partial charge in [-0.3, -0.25) is 0 Å². The van der Waals surface area contributed by atoms with Crippen molar-refractivity contribution in [1.82, 2.24) is 4.57 Å². The van der Waals surface area contributed by atoms with E-state index in [9.17, 15) is 0 Å². The van der Waals surface area contributed by atoms with Crippen molar-refractivity contribution >= 4 is 38.9 Å². The number of aromatic nitrogens is 1. The molecule has 1 unspecified atom stereocenters. The van der Waals surface area contributed by atoms with Crippen LogP contribution < -0.4 is 4.90 Å². The van der Waals surface area contributed by atoms with Crippen LogP contribution in [0.4, 0.5) is 17.1 Å². The summed E-state index contributed by atoms with van der Waals surface area (Å²) in [5.74, 6) is 0. The minimum absolute atomic E-state index is 0.599. The summed E-state index contributed by atoms with van der Waals surface area (Å²) in [5.41, 5.74) is 27.9. The molecule has 386 valence electrons. The summed E-state index contributed by atoms with van der Waals surface area (Å²) >= 11 is 0. The third-order valence-electron chi connectivity index (χ3n) is 19.3. The Morgan fingerprint density at radius 3 is 1.24 bits per heavy atom. The Morgan fingerprint density at radius 1 is 0.253 bits per heavy atom. The topological polar surface area (TPSA) is 8.17 Å². The fourth-order valence-corrected chi connectivity index (χ4v) is 16.3. The number of rotatable bonds is 7. The van der Waals surface area contributed by atoms with Gasteiger partial charge in [0.1, 0.15) is 0 Å². The van der Waals surface area contributed by atoms with E-state index >= 15 is 0 Å². The number of fused-ring (bicyclic) bond motifs is 18. The van der Waals surface area contributed by atoms with Crippen molar-refractivity contribution in [2.75, 3.05) is 4.90 Å². The molecule has 0 radical (unpaired) electrons. The fourth-order valence-electron chi connectivity index (χ4n) is 16.3. The maximum atomic E-state index is 2.62. The molecule has 1 atom stereocenters. The number of hydrogen-bond donors (Lipinski definition) is 0. The fraction of sp³-hybridized carbons (Fsp3) is 0.0370. The van der Waals surface area contributed by atoms with E-state index in [0.29, 0.717) is 0 Å². The predicted octanol–water partition coefficient (Wildman–Crippen LogP) is 19.7. The number of hydrogen-bond acceptors (Lipinski definition) is 1. The second kappa shape index (κ2) is 17.2. The van der Waals surface area contributed by atoms with Gasteiger partial charge in [0.05, 0.1) is 38.7 Å². The smallest absolute Gasteiger partial charge is 0.0755 e. The highest BCUT2D eigenvalue weighted by molar-refractivity contribution is 6.13. The first-order valence-corrected chi connectivity index (χ1v) is 29.1. The molecule has 0 saturated heterocycles. The highest BCUT2D eigenvalue weighted by atomic mass is 15.1. The molecule has 1 aliphatic heterocycles. The van der Waals surface area contributed by atoms with Crippen LogP contribution in [-0.2, 0) is 16.2 Å². The first-order valence-electron chi connectivity index (χ1n) is 29.1. The summed E-state index contributed by atoms with van der Waals surface area (Å²) in [6.07, 6.45) is 0. The lowest BCUT2D eigenvalue weighted by Gasteiger charge is -2.40. The standard InChI is InChI=1S/C81H52N2/c1-5-25-53(26-6-1)79(54-27-7-2-8-28-54)68-40-19-15-36-65(68)77-70(79)42-24-46-76(77)82(57-47-49-61-59-33-13-17-38-66(59)80(72(61)51-57,55-29-9-3-10-30-55)56-31-11-4-12-32-56)58-48-50-62-60-34-14-18-39-67(60)81(73(62)52-58)69-41-20-22-45-75(69)83-74-44-21-16-35-63(74)64-37-23-43-71(81)78(64)83/h1-52H. The van der Waals surface area contributed by atoms with Gasteiger partial charge in [-0.15, -0.1) is 0 Å². The van der Waals surface area contributed by atoms with Crippen LogP contribution in [0.2, 0.25) is 0 Å². The molecule has 3 aliphatic carbocycles. The molecule has 1 spiro atoms. The van der Waals surface area contributed by atoms with Gasteiger partial charge in [0.15, 0.2) is 0 Å². The maximum absolute atomic E-state index is 2.62. The number of nitrogens with zero attached hydrogens (tertiary/aromatic N) is 2. The molecule has 0 amide bonds. The Morgan fingerprint density at radius 2 is 0.651 bits per heavy atom. The van der Waals surface area contributed by atoms with Crippen molar-refractivity contribution in [2.24, 2.45) is 0 Å². The van der Waals surface area contributed by atoms with Gasteiger partial charge in [-0.25, -0.2) is 0 Å². The first-order chi connectivity index (χ1) is 41.2. The van der Waals surface area contributed by atoms with Gasteiger partial charge in [-0.05, 0) is 137 Å². The molecule has 83 heavy (non-hydrogen) atoms. The summed E-state index contributed by atoms with van der Waals surface area (Å²) in [6.45, 7) is 0. The van der Waals surface area contributed by atoms with Gasteiger partial charge in [-0.2, -0.15) is 0 Å². The van der Waals surface area contributed by atoms with Crippen LogP contribution >= 0.6 is 0 Å². The van der Waals surface area contributed by atoms with Gasteiger partial charge in [0.25, 0.3) is 0 Å². The molecule has 1 aromatic heterocycles. The van der Waals surface area contributed by atoms with Crippen molar-refractivity contribution in [3.63, 3.8) is 0 Å². The van der Waals surface area contributed by atoms with Crippen LogP contribution in [0.5, 0.6) is 0 Å². The van der Waals surface area contributed by atoms with E-state index < -0.39 is 16.2 Å². The van der Waals surface area contributed by atoms with E-state index in [-0.39, 0.29) is 0 Å². The zero-order valence-electron chi connectivity index (χ0n) is 45.4. The summed E-state index contributed by atoms with van der Waals surface area (Å²) in [6, 6.07) is 119. The molecule has 0 N–H and O–H groups in total. The molecule has 2 nitrogen and oxygen atoms in total. The molecule has 2 heterocycles. The largest absolute Gasteiger partial charge is 0.310 e. The zero-order valence-corrected chi connectivity index (χ0v) is 45.4. The van der Waals surface area contributed by atoms with Crippen LogP contribution in [0, 0.1) is 0 Å². The molecule has 2 heteroatoms. The first kappa shape index (κ1) is 46.2. The highest BCUT2D eigenvalue weighted by Gasteiger charge is 2.53. The van der Waals surface area contributed by atoms with Crippen LogP contribution in [0.1, 0.15) is 66.8 Å². The van der Waals surface area contributed by atoms with Crippen molar-refractivity contribution in [3.8, 4) is 39.1 Å². The minimum atomic E-state index is -0.648. The minimum Gasteiger partial charge on any atom is -0.310 e. The van der Waals surface area contributed by atoms with Crippen molar-refractivity contribution in [1.29, 1.82) is 0 Å². The van der Waals surface area contributed by atoms with Crippen LogP contribution in [0.25, 0.3) is 60.9 Å². The molecule has 13 aromatic carbocycles. The van der Waals surface area contributed by atoms with Gasteiger partial charge < -0.3 is 9.47 Å². The predicted molar refractivity (Wildman–Crippen MR) is 341 cm³/mol. The Bertz CT molecular complexity index is 4900. The molecule has 0 saturated carbocycles. The lowest BCUT2D eigenvalue weighted by molar-refractivity contribution is 0.748. The third-order valence-corrected chi connectivity index (χ3v) is 19.3. The lowest BCUT2D eigenvalue weighted by Crippen LogP contribution is -2.33. The molecular formula is C81H52N2. The zero-order chi connectivity index (χ0) is 54.4. The number of para-hydroxylation sites is 3. The lowest BCUT2D eigenvalue weighted by atomic mass is 9.65. The second-order valence-corrected chi connectivity index (χ2v) is 22.9. The van der Waals surface area contributed by atoms with Gasteiger partial charge in [-0.1, -0.05) is 273 Å². The van der Waals surface area contributed by atoms with Crippen LogP contribution in [0.15, 0.2) is 315 Å². The van der Waals surface area contributed by atoms with Gasteiger partial charge in [0.2, 0.25) is 0 Å². The Kier molecular flexibility index (Phi) is 9.60. The van der Waals surface area contributed by atoms with Gasteiger partial charge >= 0.3 is 0 Å². The van der Waals surface area contributed by atoms with Crippen molar-refractivity contribution in [2.45, 2.75) is 16.2 Å². The van der Waals surface area contributed by atoms with E-state index in [1.807, 2.05) is 0 Å². The average Bonchev–Trinajstić information content (AvgIpc) is 1.74. The van der Waals surface area contributed by atoms with E-state index in [4.69, 9.17) is 0 Å². The quantitative estimate of drug-likeness (QED) is 0.154. The van der Waals surface area contributed by atoms with Crippen LogP contribution in [-0.4, -0.2) is 4.57 Å². The third kappa shape index (κ3) is 5.86. The molecule has 18 rings (SSSR count). The Balaban J connectivity index is 0.969. The maximum Gasteiger partial charge on any atom is 0.0755 e. The summed E-state index contributed by atoms with van der Waals surface area (Å²) < 4.78 is 2.54. The van der Waals surface area contributed by atoms with E-state index in [1.165, 1.54) is 128 Å². The Labute approximate surface area is 483 Å². The Hall–Kier alpha value is -10.5. The van der Waals surface area contributed by atoms with E-state index in [0.717, 1.165) is 17.1 Å². The van der Waals surface area contributed by atoms with Crippen molar-refractivity contribution in [3.05, 3.63) is 382 Å². The van der Waals surface area contributed by atoms with Gasteiger partial charge in [0, 0.05) is 27.7 Å². The molecular weight excluding hydrogens is 1000 g/mol. The monoisotopic (exact) mass is 1050 g/mol. The van der Waals surface area contributed by atoms with Crippen molar-refractivity contribution < 1.29 is 0 Å². The molecule has 14 aromatic rings. The number of anilines is 3. The highest BCUT2D eigenvalue weighted by Crippen LogP contribution is 2.65. The van der Waals surface area contributed by atoms with E-state index in [1.54, 1.807) is 0 Å². The summed E-state index contributed by atoms with van der Waals surface area (Å²) in [5, 5.41) is 2.54. The number of benzene rings is 13. The SMILES string of the molecule is c1ccc(C2(c3ccccc3)c3ccccc3-c3ccc(N(c4ccc5c(c4)C4(c6ccccc6-5)c5ccccc5-n5c6ccccc6c6cccc4c65)c4cccc5c4-c4ccccc4C5(c4ccccc4)c4ccccc4)cc32)cc1. The molecule has 0 fully saturated rings. The molecule has 0 bridgehead atoms. The average molecular weight is 1050 g/mol. The summed E-state index contributed by atoms with van der Waals surface area (Å²) in [4.78, 5) is 2.62. The normalized spacial score (nSPS) is 15.7. The summed E-state index contributed by atoms with van der Waals surface area (Å²) in [7, 11) is 0.